The van der Waals surface area contributed by atoms with Crippen LogP contribution in [0.25, 0.3) is 0 Å². The van der Waals surface area contributed by atoms with Gasteiger partial charge in [-0.05, 0) is 55.3 Å². The number of hydrogen-bond acceptors (Lipinski definition) is 4. The van der Waals surface area contributed by atoms with E-state index in [1.54, 1.807) is 0 Å². The monoisotopic (exact) mass is 428 g/mol. The number of hydrogen-bond donors (Lipinski definition) is 1. The molecular formula is C19H19F3N2O4S. The van der Waals surface area contributed by atoms with E-state index in [0.29, 0.717) is 13.1 Å². The summed E-state index contributed by atoms with van der Waals surface area (Å²) in [6.07, 6.45) is -2.84. The van der Waals surface area contributed by atoms with Crippen LogP contribution in [0, 0.1) is 0 Å². The van der Waals surface area contributed by atoms with Crippen LogP contribution in [0.1, 0.15) is 18.4 Å². The molecule has 10 heteroatoms. The van der Waals surface area contributed by atoms with E-state index in [4.69, 9.17) is 4.74 Å². The van der Waals surface area contributed by atoms with Crippen molar-refractivity contribution in [2.45, 2.75) is 23.9 Å². The molecule has 0 aliphatic carbocycles. The first-order chi connectivity index (χ1) is 13.7. The van der Waals surface area contributed by atoms with Gasteiger partial charge in [0.1, 0.15) is 5.75 Å². The number of halogens is 3. The summed E-state index contributed by atoms with van der Waals surface area (Å²) in [6.45, 7) is 0.557. The van der Waals surface area contributed by atoms with Crippen LogP contribution in [0.2, 0.25) is 0 Å². The first-order valence-electron chi connectivity index (χ1n) is 8.86. The quantitative estimate of drug-likeness (QED) is 0.764. The number of nitrogens with zero attached hydrogens (tertiary/aromatic N) is 1. The van der Waals surface area contributed by atoms with E-state index < -0.39 is 34.3 Å². The maximum atomic E-state index is 12.7. The molecule has 1 aliphatic heterocycles. The summed E-state index contributed by atoms with van der Waals surface area (Å²) in [5, 5.41) is 2.33. The smallest absolute Gasteiger partial charge is 0.416 e. The van der Waals surface area contributed by atoms with Gasteiger partial charge < -0.3 is 10.1 Å². The average molecular weight is 428 g/mol. The number of rotatable bonds is 6. The number of ether oxygens (including phenoxy) is 1. The lowest BCUT2D eigenvalue weighted by Crippen LogP contribution is -2.27. The van der Waals surface area contributed by atoms with Crippen molar-refractivity contribution < 1.29 is 31.1 Å². The number of anilines is 1. The standard InChI is InChI=1S/C19H19F3N2O4S/c20-19(21,22)14-4-3-5-15(12-14)23-18(25)13-28-16-6-8-17(9-7-16)29(26,27)24-10-1-2-11-24/h3-9,12H,1-2,10-11,13H2,(H,23,25). The highest BCUT2D eigenvalue weighted by molar-refractivity contribution is 7.89. The zero-order valence-electron chi connectivity index (χ0n) is 15.3. The number of carbonyl (C=O) groups excluding carboxylic acids is 1. The fourth-order valence-corrected chi connectivity index (χ4v) is 4.42. The first-order valence-corrected chi connectivity index (χ1v) is 10.3. The lowest BCUT2D eigenvalue weighted by molar-refractivity contribution is -0.137. The van der Waals surface area contributed by atoms with Crippen molar-refractivity contribution in [1.82, 2.24) is 4.31 Å². The Morgan fingerprint density at radius 2 is 1.72 bits per heavy atom. The Balaban J connectivity index is 1.57. The molecule has 1 fully saturated rings. The minimum atomic E-state index is -4.51. The summed E-state index contributed by atoms with van der Waals surface area (Å²) in [5.41, 5.74) is -0.869. The molecule has 1 aliphatic rings. The van der Waals surface area contributed by atoms with Gasteiger partial charge in [-0.2, -0.15) is 17.5 Å². The molecule has 1 heterocycles. The first kappa shape index (κ1) is 21.1. The van der Waals surface area contributed by atoms with Crippen molar-refractivity contribution in [1.29, 1.82) is 0 Å². The van der Waals surface area contributed by atoms with Crippen LogP contribution in [0.5, 0.6) is 5.75 Å². The number of alkyl halides is 3. The van der Waals surface area contributed by atoms with Gasteiger partial charge in [0.25, 0.3) is 5.91 Å². The zero-order chi connectivity index (χ0) is 21.1. The van der Waals surface area contributed by atoms with Crippen molar-refractivity contribution in [3.8, 4) is 5.75 Å². The zero-order valence-corrected chi connectivity index (χ0v) is 16.1. The Bertz CT molecular complexity index is 970. The third-order valence-corrected chi connectivity index (χ3v) is 6.28. The Labute approximate surface area is 166 Å². The van der Waals surface area contributed by atoms with E-state index in [0.717, 1.165) is 25.0 Å². The molecule has 0 unspecified atom stereocenters. The van der Waals surface area contributed by atoms with Crippen molar-refractivity contribution in [3.05, 3.63) is 54.1 Å². The topological polar surface area (TPSA) is 75.7 Å². The molecule has 156 valence electrons. The van der Waals surface area contributed by atoms with Gasteiger partial charge in [0, 0.05) is 18.8 Å². The summed E-state index contributed by atoms with van der Waals surface area (Å²) < 4.78 is 69.7. The van der Waals surface area contributed by atoms with Gasteiger partial charge in [0.2, 0.25) is 10.0 Å². The molecule has 0 bridgehead atoms. The molecule has 1 N–H and O–H groups in total. The van der Waals surface area contributed by atoms with Crippen LogP contribution in [-0.2, 0) is 21.0 Å². The summed E-state index contributed by atoms with van der Waals surface area (Å²) in [5.74, 6) is -0.373. The Hall–Kier alpha value is -2.59. The molecule has 1 saturated heterocycles. The molecule has 3 rings (SSSR count). The SMILES string of the molecule is O=C(COc1ccc(S(=O)(=O)N2CCCC2)cc1)Nc1cccc(C(F)(F)F)c1. The van der Waals surface area contributed by atoms with Crippen molar-refractivity contribution in [2.24, 2.45) is 0 Å². The second kappa shape index (κ2) is 8.42. The molecule has 0 atom stereocenters. The van der Waals surface area contributed by atoms with E-state index in [-0.39, 0.29) is 16.3 Å². The van der Waals surface area contributed by atoms with E-state index >= 15 is 0 Å². The lowest BCUT2D eigenvalue weighted by atomic mass is 10.2. The Kier molecular flexibility index (Phi) is 6.13. The number of nitrogens with one attached hydrogen (secondary N) is 1. The van der Waals surface area contributed by atoms with Crippen LogP contribution in [0.4, 0.5) is 18.9 Å². The number of benzene rings is 2. The van der Waals surface area contributed by atoms with Gasteiger partial charge >= 0.3 is 6.18 Å². The van der Waals surface area contributed by atoms with E-state index in [1.165, 1.54) is 40.7 Å². The Morgan fingerprint density at radius 1 is 1.07 bits per heavy atom. The highest BCUT2D eigenvalue weighted by atomic mass is 32.2. The number of amides is 1. The number of sulfonamides is 1. The van der Waals surface area contributed by atoms with Gasteiger partial charge in [0.15, 0.2) is 6.61 Å². The van der Waals surface area contributed by atoms with Crippen LogP contribution in [0.15, 0.2) is 53.4 Å². The Morgan fingerprint density at radius 3 is 2.34 bits per heavy atom. The molecule has 2 aromatic rings. The molecule has 6 nitrogen and oxygen atoms in total. The van der Waals surface area contributed by atoms with E-state index in [1.807, 2.05) is 0 Å². The van der Waals surface area contributed by atoms with Crippen LogP contribution >= 0.6 is 0 Å². The minimum Gasteiger partial charge on any atom is -0.484 e. The molecular weight excluding hydrogens is 409 g/mol. The largest absolute Gasteiger partial charge is 0.484 e. The summed E-state index contributed by atoms with van der Waals surface area (Å²) >= 11 is 0. The maximum Gasteiger partial charge on any atom is 0.416 e. The van der Waals surface area contributed by atoms with Crippen LogP contribution in [-0.4, -0.2) is 38.3 Å². The second-order valence-electron chi connectivity index (χ2n) is 6.50. The van der Waals surface area contributed by atoms with E-state index in [2.05, 4.69) is 5.32 Å². The second-order valence-corrected chi connectivity index (χ2v) is 8.44. The molecule has 29 heavy (non-hydrogen) atoms. The molecule has 0 spiro atoms. The fourth-order valence-electron chi connectivity index (χ4n) is 2.90. The highest BCUT2D eigenvalue weighted by Crippen LogP contribution is 2.30. The molecule has 0 saturated carbocycles. The van der Waals surface area contributed by atoms with Crippen LogP contribution in [0.3, 0.4) is 0 Å². The highest BCUT2D eigenvalue weighted by Gasteiger charge is 2.30. The maximum absolute atomic E-state index is 12.7. The summed E-state index contributed by atoms with van der Waals surface area (Å²) in [4.78, 5) is 12.1. The summed E-state index contributed by atoms with van der Waals surface area (Å²) in [6, 6.07) is 9.92. The van der Waals surface area contributed by atoms with E-state index in [9.17, 15) is 26.4 Å². The predicted molar refractivity (Wildman–Crippen MR) is 100 cm³/mol. The van der Waals surface area contributed by atoms with Gasteiger partial charge in [-0.1, -0.05) is 6.07 Å². The third-order valence-electron chi connectivity index (χ3n) is 4.37. The number of carbonyl (C=O) groups is 1. The normalized spacial score (nSPS) is 15.3. The van der Waals surface area contributed by atoms with Gasteiger partial charge in [-0.25, -0.2) is 8.42 Å². The van der Waals surface area contributed by atoms with Gasteiger partial charge in [-0.15, -0.1) is 0 Å². The van der Waals surface area contributed by atoms with Crippen LogP contribution < -0.4 is 10.1 Å². The molecule has 0 radical (unpaired) electrons. The third kappa shape index (κ3) is 5.27. The fraction of sp³-hybridized carbons (Fsp3) is 0.316. The predicted octanol–water partition coefficient (Wildman–Crippen LogP) is 3.51. The van der Waals surface area contributed by atoms with Crippen molar-refractivity contribution >= 4 is 21.6 Å². The van der Waals surface area contributed by atoms with Crippen molar-refractivity contribution in [3.63, 3.8) is 0 Å². The molecule has 1 amide bonds. The minimum absolute atomic E-state index is 0.000444. The summed E-state index contributed by atoms with van der Waals surface area (Å²) in [7, 11) is -3.54. The average Bonchev–Trinajstić information content (AvgIpc) is 3.22. The molecule has 0 aromatic heterocycles. The van der Waals surface area contributed by atoms with Gasteiger partial charge in [-0.3, -0.25) is 4.79 Å². The van der Waals surface area contributed by atoms with Gasteiger partial charge in [0.05, 0.1) is 10.5 Å². The lowest BCUT2D eigenvalue weighted by Gasteiger charge is -2.15. The van der Waals surface area contributed by atoms with Crippen molar-refractivity contribution in [2.75, 3.05) is 25.0 Å². The molecule has 2 aromatic carbocycles.